The topological polar surface area (TPSA) is 102 Å². The summed E-state index contributed by atoms with van der Waals surface area (Å²) in [5.41, 5.74) is 5.27. The Morgan fingerprint density at radius 3 is 2.39 bits per heavy atom. The summed E-state index contributed by atoms with van der Waals surface area (Å²) in [7, 11) is 0. The fraction of sp³-hybridized carbons (Fsp3) is 0.571. The van der Waals surface area contributed by atoms with Gasteiger partial charge in [0.2, 0.25) is 5.95 Å². The molecule has 126 valence electrons. The van der Waals surface area contributed by atoms with Crippen LogP contribution in [0.2, 0.25) is 5.15 Å². The number of nitrogen functional groups attached to an aromatic ring is 1. The van der Waals surface area contributed by atoms with E-state index in [-0.39, 0.29) is 22.8 Å². The fourth-order valence-corrected chi connectivity index (χ4v) is 2.43. The van der Waals surface area contributed by atoms with Crippen molar-refractivity contribution < 1.29 is 14.3 Å². The summed E-state index contributed by atoms with van der Waals surface area (Å²) in [5, 5.41) is 0.0251. The Morgan fingerprint density at radius 1 is 1.26 bits per heavy atom. The minimum atomic E-state index is -0.534. The lowest BCUT2D eigenvalue weighted by Gasteiger charge is -2.36. The molecule has 0 aromatic carbocycles. The second-order valence-electron chi connectivity index (χ2n) is 6.18. The van der Waals surface area contributed by atoms with Gasteiger partial charge in [0.15, 0.2) is 6.29 Å². The normalized spacial score (nSPS) is 15.5. The van der Waals surface area contributed by atoms with Gasteiger partial charge >= 0.3 is 6.09 Å². The molecule has 0 radical (unpaired) electrons. The van der Waals surface area contributed by atoms with E-state index in [1.165, 1.54) is 0 Å². The summed E-state index contributed by atoms with van der Waals surface area (Å²) in [6.07, 6.45) is 0.255. The smallest absolute Gasteiger partial charge is 0.410 e. The Morgan fingerprint density at radius 2 is 1.87 bits per heavy atom. The molecule has 0 spiro atoms. The number of carbonyl (C=O) groups is 2. The highest BCUT2D eigenvalue weighted by molar-refractivity contribution is 6.32. The van der Waals surface area contributed by atoms with E-state index in [0.29, 0.717) is 38.3 Å². The molecule has 1 fully saturated rings. The molecule has 23 heavy (non-hydrogen) atoms. The molecule has 2 heterocycles. The maximum atomic E-state index is 12.1. The van der Waals surface area contributed by atoms with Crippen LogP contribution < -0.4 is 10.6 Å². The predicted octanol–water partition coefficient (Wildman–Crippen LogP) is 1.58. The lowest BCUT2D eigenvalue weighted by Crippen LogP contribution is -2.50. The molecule has 1 aliphatic rings. The molecule has 0 unspecified atom stereocenters. The highest BCUT2D eigenvalue weighted by atomic mass is 35.5. The first kappa shape index (κ1) is 17.3. The molecule has 0 saturated carbocycles. The first-order valence-electron chi connectivity index (χ1n) is 7.22. The Kier molecular flexibility index (Phi) is 4.93. The van der Waals surface area contributed by atoms with Crippen molar-refractivity contribution in [2.24, 2.45) is 0 Å². The summed E-state index contributed by atoms with van der Waals surface area (Å²) >= 11 is 5.93. The molecular formula is C14H20ClN5O3. The Hall–Kier alpha value is -2.09. The van der Waals surface area contributed by atoms with Crippen LogP contribution in [0.3, 0.4) is 0 Å². The number of anilines is 2. The van der Waals surface area contributed by atoms with Crippen molar-refractivity contribution in [3.63, 3.8) is 0 Å². The second-order valence-corrected chi connectivity index (χ2v) is 6.54. The van der Waals surface area contributed by atoms with Gasteiger partial charge in [-0.25, -0.2) is 9.78 Å². The van der Waals surface area contributed by atoms with Crippen molar-refractivity contribution in [3.8, 4) is 0 Å². The van der Waals surface area contributed by atoms with E-state index in [9.17, 15) is 9.59 Å². The van der Waals surface area contributed by atoms with E-state index < -0.39 is 5.60 Å². The van der Waals surface area contributed by atoms with E-state index in [2.05, 4.69) is 9.97 Å². The molecule has 8 nitrogen and oxygen atoms in total. The third-order valence-corrected chi connectivity index (χ3v) is 3.53. The van der Waals surface area contributed by atoms with Crippen LogP contribution >= 0.6 is 11.6 Å². The van der Waals surface area contributed by atoms with Crippen LogP contribution in [0.25, 0.3) is 0 Å². The summed E-state index contributed by atoms with van der Waals surface area (Å²) < 4.78 is 5.35. The van der Waals surface area contributed by atoms with E-state index >= 15 is 0 Å². The molecule has 0 aliphatic carbocycles. The number of hydrogen-bond acceptors (Lipinski definition) is 7. The minimum absolute atomic E-state index is 0.00479. The summed E-state index contributed by atoms with van der Waals surface area (Å²) in [5.74, 6) is 0.395. The van der Waals surface area contributed by atoms with Crippen molar-refractivity contribution in [2.45, 2.75) is 26.4 Å². The lowest BCUT2D eigenvalue weighted by molar-refractivity contribution is 0.0240. The van der Waals surface area contributed by atoms with Crippen molar-refractivity contribution in [1.29, 1.82) is 0 Å². The molecule has 2 rings (SSSR count). The number of aromatic nitrogens is 2. The predicted molar refractivity (Wildman–Crippen MR) is 86.9 cm³/mol. The molecular weight excluding hydrogens is 322 g/mol. The van der Waals surface area contributed by atoms with Crippen LogP contribution in [0, 0.1) is 0 Å². The molecule has 0 bridgehead atoms. The molecule has 1 saturated heterocycles. The van der Waals surface area contributed by atoms with Crippen molar-refractivity contribution >= 4 is 35.7 Å². The van der Waals surface area contributed by atoms with E-state index in [0.717, 1.165) is 0 Å². The number of ether oxygens (including phenoxy) is 1. The number of rotatable bonds is 2. The van der Waals surface area contributed by atoms with Crippen LogP contribution in [0.15, 0.2) is 0 Å². The Labute approximate surface area is 139 Å². The van der Waals surface area contributed by atoms with Gasteiger partial charge in [-0.2, -0.15) is 4.98 Å². The molecule has 2 N–H and O–H groups in total. The quantitative estimate of drug-likeness (QED) is 0.643. The average molecular weight is 342 g/mol. The minimum Gasteiger partial charge on any atom is -0.444 e. The summed E-state index contributed by atoms with van der Waals surface area (Å²) in [6.45, 7) is 7.36. The zero-order chi connectivity index (χ0) is 17.2. The number of piperazine rings is 1. The number of hydrogen-bond donors (Lipinski definition) is 1. The van der Waals surface area contributed by atoms with Crippen molar-refractivity contribution in [2.75, 3.05) is 36.8 Å². The van der Waals surface area contributed by atoms with E-state index in [4.69, 9.17) is 22.1 Å². The number of amides is 1. The van der Waals surface area contributed by atoms with Gasteiger partial charge in [-0.15, -0.1) is 0 Å². The highest BCUT2D eigenvalue weighted by Gasteiger charge is 2.28. The Balaban J connectivity index is 2.08. The van der Waals surface area contributed by atoms with Crippen molar-refractivity contribution in [3.05, 3.63) is 10.7 Å². The largest absolute Gasteiger partial charge is 0.444 e. The van der Waals surface area contributed by atoms with Crippen LogP contribution in [0.4, 0.5) is 16.6 Å². The zero-order valence-electron chi connectivity index (χ0n) is 13.4. The molecule has 1 aromatic rings. The average Bonchev–Trinajstić information content (AvgIpc) is 2.45. The zero-order valence-corrected chi connectivity index (χ0v) is 14.1. The van der Waals surface area contributed by atoms with Gasteiger partial charge in [0, 0.05) is 26.2 Å². The molecule has 9 heteroatoms. The van der Waals surface area contributed by atoms with Gasteiger partial charge in [-0.05, 0) is 20.8 Å². The molecule has 1 aromatic heterocycles. The van der Waals surface area contributed by atoms with Gasteiger partial charge in [0.05, 0.1) is 5.56 Å². The first-order valence-corrected chi connectivity index (χ1v) is 7.60. The number of halogens is 1. The van der Waals surface area contributed by atoms with Gasteiger partial charge < -0.3 is 20.3 Å². The van der Waals surface area contributed by atoms with Gasteiger partial charge in [-0.3, -0.25) is 4.79 Å². The number of nitrogens with zero attached hydrogens (tertiary/aromatic N) is 4. The second kappa shape index (κ2) is 6.57. The Bertz CT molecular complexity index is 609. The molecule has 0 atom stereocenters. The van der Waals surface area contributed by atoms with Crippen LogP contribution in [0.1, 0.15) is 31.1 Å². The van der Waals surface area contributed by atoms with Crippen LogP contribution in [-0.2, 0) is 4.74 Å². The van der Waals surface area contributed by atoms with Gasteiger partial charge in [-0.1, -0.05) is 11.6 Å². The third-order valence-electron chi connectivity index (χ3n) is 3.25. The van der Waals surface area contributed by atoms with E-state index in [1.54, 1.807) is 4.90 Å². The maximum absolute atomic E-state index is 12.1. The molecule has 1 aliphatic heterocycles. The lowest BCUT2D eigenvalue weighted by atomic mass is 10.2. The highest BCUT2D eigenvalue weighted by Crippen LogP contribution is 2.25. The summed E-state index contributed by atoms with van der Waals surface area (Å²) in [4.78, 5) is 34.6. The van der Waals surface area contributed by atoms with E-state index in [1.807, 2.05) is 25.7 Å². The number of aldehydes is 1. The third kappa shape index (κ3) is 4.22. The van der Waals surface area contributed by atoms with Crippen molar-refractivity contribution in [1.82, 2.24) is 14.9 Å². The van der Waals surface area contributed by atoms with Gasteiger partial charge in [0.1, 0.15) is 16.6 Å². The first-order chi connectivity index (χ1) is 10.7. The fourth-order valence-electron chi connectivity index (χ4n) is 2.22. The number of carbonyl (C=O) groups excluding carboxylic acids is 2. The molecule has 1 amide bonds. The van der Waals surface area contributed by atoms with Gasteiger partial charge in [0.25, 0.3) is 0 Å². The number of nitrogens with two attached hydrogens (primary N) is 1. The van der Waals surface area contributed by atoms with Crippen LogP contribution in [-0.4, -0.2) is 59.0 Å². The maximum Gasteiger partial charge on any atom is 0.410 e. The standard InChI is InChI=1S/C14H20ClN5O3/c1-14(2,3)23-13(22)20-6-4-19(5-7-20)11-9(8-21)10(15)17-12(16)18-11/h8H,4-7H2,1-3H3,(H2,16,17,18). The monoisotopic (exact) mass is 341 g/mol. The van der Waals surface area contributed by atoms with Crippen LogP contribution in [0.5, 0.6) is 0 Å². The SMILES string of the molecule is CC(C)(C)OC(=O)N1CCN(c2nc(N)nc(Cl)c2C=O)CC1. The summed E-state index contributed by atoms with van der Waals surface area (Å²) in [6, 6.07) is 0.